The molecule has 2 aromatic rings. The molecule has 0 aliphatic rings. The van der Waals surface area contributed by atoms with E-state index in [9.17, 15) is 18.3 Å². The van der Waals surface area contributed by atoms with Gasteiger partial charge < -0.3 is 10.1 Å². The molecule has 0 bridgehead atoms. The van der Waals surface area contributed by atoms with E-state index in [1.54, 1.807) is 6.07 Å². The fourth-order valence-corrected chi connectivity index (χ4v) is 1.43. The SMILES string of the molecule is OC(c1ccc[nH]1)c1ccc(F)c(F)c1F. The molecule has 2 rings (SSSR count). The minimum Gasteiger partial charge on any atom is -0.382 e. The highest BCUT2D eigenvalue weighted by atomic mass is 19.2. The van der Waals surface area contributed by atoms with Crippen LogP contribution >= 0.6 is 0 Å². The van der Waals surface area contributed by atoms with Gasteiger partial charge >= 0.3 is 0 Å². The highest BCUT2D eigenvalue weighted by Crippen LogP contribution is 2.25. The van der Waals surface area contributed by atoms with Crippen LogP contribution in [0.1, 0.15) is 17.4 Å². The quantitative estimate of drug-likeness (QED) is 0.760. The summed E-state index contributed by atoms with van der Waals surface area (Å²) in [6.45, 7) is 0. The second kappa shape index (κ2) is 4.02. The largest absolute Gasteiger partial charge is 0.382 e. The fourth-order valence-electron chi connectivity index (χ4n) is 1.43. The van der Waals surface area contributed by atoms with Gasteiger partial charge in [-0.05, 0) is 24.3 Å². The summed E-state index contributed by atoms with van der Waals surface area (Å²) in [6.07, 6.45) is 0.196. The predicted octanol–water partition coefficient (Wildman–Crippen LogP) is 2.51. The fraction of sp³-hybridized carbons (Fsp3) is 0.0909. The van der Waals surface area contributed by atoms with Crippen LogP contribution in [0.3, 0.4) is 0 Å². The van der Waals surface area contributed by atoms with Gasteiger partial charge in [-0.25, -0.2) is 13.2 Å². The number of aliphatic hydroxyl groups is 1. The van der Waals surface area contributed by atoms with Gasteiger partial charge in [-0.2, -0.15) is 0 Å². The van der Waals surface area contributed by atoms with Gasteiger partial charge in [0.25, 0.3) is 0 Å². The molecule has 0 amide bonds. The van der Waals surface area contributed by atoms with Crippen molar-refractivity contribution in [2.75, 3.05) is 0 Å². The molecule has 5 heteroatoms. The third-order valence-electron chi connectivity index (χ3n) is 2.28. The Balaban J connectivity index is 2.45. The van der Waals surface area contributed by atoms with Crippen molar-refractivity contribution in [3.8, 4) is 0 Å². The topological polar surface area (TPSA) is 36.0 Å². The summed E-state index contributed by atoms with van der Waals surface area (Å²) in [7, 11) is 0. The zero-order valence-electron chi connectivity index (χ0n) is 8.05. The van der Waals surface area contributed by atoms with Crippen LogP contribution in [-0.4, -0.2) is 10.1 Å². The van der Waals surface area contributed by atoms with Crippen molar-refractivity contribution < 1.29 is 18.3 Å². The summed E-state index contributed by atoms with van der Waals surface area (Å²) < 4.78 is 38.9. The molecule has 0 saturated heterocycles. The average Bonchev–Trinajstić information content (AvgIpc) is 2.79. The normalized spacial score (nSPS) is 12.8. The molecule has 0 fully saturated rings. The van der Waals surface area contributed by atoms with Crippen LogP contribution in [0.5, 0.6) is 0 Å². The van der Waals surface area contributed by atoms with Crippen LogP contribution in [0, 0.1) is 17.5 Å². The van der Waals surface area contributed by atoms with Gasteiger partial charge in [0.2, 0.25) is 0 Å². The summed E-state index contributed by atoms with van der Waals surface area (Å²) in [6, 6.07) is 4.92. The third-order valence-corrected chi connectivity index (χ3v) is 2.28. The third kappa shape index (κ3) is 1.69. The molecule has 16 heavy (non-hydrogen) atoms. The minimum atomic E-state index is -1.58. The number of benzene rings is 1. The van der Waals surface area contributed by atoms with Crippen molar-refractivity contribution in [1.29, 1.82) is 0 Å². The molecule has 0 spiro atoms. The van der Waals surface area contributed by atoms with Crippen molar-refractivity contribution in [3.05, 3.63) is 59.2 Å². The Hall–Kier alpha value is -1.75. The Morgan fingerprint density at radius 1 is 1.06 bits per heavy atom. The Morgan fingerprint density at radius 3 is 2.44 bits per heavy atom. The lowest BCUT2D eigenvalue weighted by molar-refractivity contribution is 0.208. The smallest absolute Gasteiger partial charge is 0.194 e. The summed E-state index contributed by atoms with van der Waals surface area (Å²) in [5.41, 5.74) is 0.00579. The van der Waals surface area contributed by atoms with Crippen LogP contribution in [-0.2, 0) is 0 Å². The molecule has 1 atom stereocenters. The summed E-state index contributed by atoms with van der Waals surface area (Å²) >= 11 is 0. The first kappa shape index (κ1) is 10.8. The van der Waals surface area contributed by atoms with Gasteiger partial charge in [0.05, 0.1) is 0 Å². The number of aliphatic hydroxyl groups excluding tert-OH is 1. The molecule has 0 radical (unpaired) electrons. The van der Waals surface area contributed by atoms with Gasteiger partial charge in [-0.3, -0.25) is 0 Å². The van der Waals surface area contributed by atoms with E-state index in [-0.39, 0.29) is 5.56 Å². The van der Waals surface area contributed by atoms with Crippen LogP contribution in [0.2, 0.25) is 0 Å². The van der Waals surface area contributed by atoms with Gasteiger partial charge in [-0.1, -0.05) is 0 Å². The number of rotatable bonds is 2. The number of hydrogen-bond donors (Lipinski definition) is 2. The number of nitrogens with one attached hydrogen (secondary N) is 1. The molecule has 0 saturated carbocycles. The molecular weight excluding hydrogens is 219 g/mol. The first-order valence-electron chi connectivity index (χ1n) is 4.56. The highest BCUT2D eigenvalue weighted by molar-refractivity contribution is 5.28. The van der Waals surface area contributed by atoms with E-state index in [2.05, 4.69) is 4.98 Å². The van der Waals surface area contributed by atoms with Crippen molar-refractivity contribution in [3.63, 3.8) is 0 Å². The van der Waals surface area contributed by atoms with E-state index >= 15 is 0 Å². The second-order valence-electron chi connectivity index (χ2n) is 3.29. The van der Waals surface area contributed by atoms with Gasteiger partial charge in [0.15, 0.2) is 17.5 Å². The van der Waals surface area contributed by atoms with Crippen LogP contribution in [0.4, 0.5) is 13.2 Å². The zero-order chi connectivity index (χ0) is 11.7. The first-order valence-corrected chi connectivity index (χ1v) is 4.56. The van der Waals surface area contributed by atoms with Crippen molar-refractivity contribution in [2.24, 2.45) is 0 Å². The lowest BCUT2D eigenvalue weighted by atomic mass is 10.1. The molecule has 0 aliphatic heterocycles. The summed E-state index contributed by atoms with van der Waals surface area (Å²) in [5.74, 6) is -4.23. The predicted molar refractivity (Wildman–Crippen MR) is 51.2 cm³/mol. The molecular formula is C11H8F3NO. The summed E-state index contributed by atoms with van der Waals surface area (Å²) in [4.78, 5) is 2.66. The highest BCUT2D eigenvalue weighted by Gasteiger charge is 2.20. The minimum absolute atomic E-state index is 0.304. The zero-order valence-corrected chi connectivity index (χ0v) is 8.05. The Bertz CT molecular complexity index is 496. The van der Waals surface area contributed by atoms with Gasteiger partial charge in [0.1, 0.15) is 6.10 Å². The molecule has 1 aromatic carbocycles. The van der Waals surface area contributed by atoms with Crippen molar-refractivity contribution in [1.82, 2.24) is 4.98 Å². The van der Waals surface area contributed by atoms with E-state index in [0.717, 1.165) is 12.1 Å². The number of aromatic amines is 1. The van der Waals surface area contributed by atoms with Crippen LogP contribution in [0.15, 0.2) is 30.5 Å². The molecule has 1 unspecified atom stereocenters. The lowest BCUT2D eigenvalue weighted by Gasteiger charge is -2.10. The van der Waals surface area contributed by atoms with Crippen molar-refractivity contribution in [2.45, 2.75) is 6.10 Å². The van der Waals surface area contributed by atoms with E-state index in [0.29, 0.717) is 5.69 Å². The van der Waals surface area contributed by atoms with E-state index < -0.39 is 23.6 Å². The van der Waals surface area contributed by atoms with E-state index in [1.807, 2.05) is 0 Å². The first-order chi connectivity index (χ1) is 7.61. The van der Waals surface area contributed by atoms with Crippen LogP contribution < -0.4 is 0 Å². The van der Waals surface area contributed by atoms with E-state index in [1.165, 1.54) is 12.3 Å². The average molecular weight is 227 g/mol. The molecule has 1 heterocycles. The molecule has 84 valence electrons. The monoisotopic (exact) mass is 227 g/mol. The number of halogens is 3. The molecule has 2 nitrogen and oxygen atoms in total. The Labute approximate surface area is 89.4 Å². The van der Waals surface area contributed by atoms with Crippen LogP contribution in [0.25, 0.3) is 0 Å². The maximum Gasteiger partial charge on any atom is 0.194 e. The molecule has 1 aromatic heterocycles. The number of hydrogen-bond acceptors (Lipinski definition) is 1. The standard InChI is InChI=1S/C11H8F3NO/c12-7-4-3-6(9(13)10(7)14)11(16)8-2-1-5-15-8/h1-5,11,15-16H. The van der Waals surface area contributed by atoms with E-state index in [4.69, 9.17) is 0 Å². The Morgan fingerprint density at radius 2 is 1.81 bits per heavy atom. The molecule has 2 N–H and O–H groups in total. The molecule has 0 aliphatic carbocycles. The number of aromatic nitrogens is 1. The maximum atomic E-state index is 13.3. The lowest BCUT2D eigenvalue weighted by Crippen LogP contribution is -2.05. The Kier molecular flexibility index (Phi) is 2.70. The van der Waals surface area contributed by atoms with Crippen molar-refractivity contribution >= 4 is 0 Å². The van der Waals surface area contributed by atoms with Gasteiger partial charge in [0, 0.05) is 17.5 Å². The second-order valence-corrected chi connectivity index (χ2v) is 3.29. The van der Waals surface area contributed by atoms with Gasteiger partial charge in [-0.15, -0.1) is 0 Å². The number of H-pyrrole nitrogens is 1. The maximum absolute atomic E-state index is 13.3. The summed E-state index contributed by atoms with van der Waals surface area (Å²) in [5, 5.41) is 9.72.